The first kappa shape index (κ1) is 12.0. The van der Waals surface area contributed by atoms with Gasteiger partial charge in [-0.1, -0.05) is 38.6 Å². The molecule has 0 saturated heterocycles. The molecule has 82 valence electrons. The van der Waals surface area contributed by atoms with Crippen LogP contribution in [0.2, 0.25) is 0 Å². The molecule has 15 heavy (non-hydrogen) atoms. The van der Waals surface area contributed by atoms with Crippen molar-refractivity contribution in [2.24, 2.45) is 5.92 Å². The fourth-order valence-corrected chi connectivity index (χ4v) is 2.16. The van der Waals surface area contributed by atoms with Crippen molar-refractivity contribution < 1.29 is 0 Å². The van der Waals surface area contributed by atoms with Gasteiger partial charge >= 0.3 is 0 Å². The highest BCUT2D eigenvalue weighted by molar-refractivity contribution is 5.42. The number of quaternary nitrogens is 1. The highest BCUT2D eigenvalue weighted by atomic mass is 15.3. The molecule has 1 heteroatoms. The minimum absolute atomic E-state index is 0.690. The van der Waals surface area contributed by atoms with Gasteiger partial charge in [-0.3, -0.25) is 4.48 Å². The molecule has 0 bridgehead atoms. The van der Waals surface area contributed by atoms with Gasteiger partial charge in [0.25, 0.3) is 0 Å². The SMILES string of the molecule is C=CC[N+](C)(CC(C)C)c1ccccc1. The Labute approximate surface area is 93.6 Å². The summed E-state index contributed by atoms with van der Waals surface area (Å²) in [5.74, 6) is 0.690. The van der Waals surface area contributed by atoms with Crippen LogP contribution in [-0.4, -0.2) is 20.1 Å². The van der Waals surface area contributed by atoms with Crippen LogP contribution in [0.4, 0.5) is 5.69 Å². The lowest BCUT2D eigenvalue weighted by molar-refractivity contribution is 0.319. The van der Waals surface area contributed by atoms with E-state index in [9.17, 15) is 0 Å². The summed E-state index contributed by atoms with van der Waals surface area (Å²) in [6.45, 7) is 10.5. The first-order valence-corrected chi connectivity index (χ1v) is 5.59. The van der Waals surface area contributed by atoms with E-state index < -0.39 is 0 Å². The molecule has 1 aromatic rings. The van der Waals surface area contributed by atoms with Crippen molar-refractivity contribution in [3.8, 4) is 0 Å². The van der Waals surface area contributed by atoms with Crippen molar-refractivity contribution in [1.82, 2.24) is 4.48 Å². The standard InChI is InChI=1S/C14H22N/c1-5-11-15(4,12-13(2)3)14-9-7-6-8-10-14/h5-10,13H,1,11-12H2,2-4H3/q+1. The van der Waals surface area contributed by atoms with E-state index in [2.05, 4.69) is 57.8 Å². The molecule has 0 N–H and O–H groups in total. The normalized spacial score (nSPS) is 14.9. The molecule has 1 aromatic carbocycles. The maximum Gasteiger partial charge on any atom is 0.132 e. The number of likely N-dealkylation sites (N-methyl/N-ethyl adjacent to an activating group) is 1. The van der Waals surface area contributed by atoms with Crippen LogP contribution in [0.3, 0.4) is 0 Å². The van der Waals surface area contributed by atoms with Crippen LogP contribution < -0.4 is 4.48 Å². The van der Waals surface area contributed by atoms with Gasteiger partial charge in [0.15, 0.2) is 0 Å². The summed E-state index contributed by atoms with van der Waals surface area (Å²) in [5.41, 5.74) is 1.37. The van der Waals surface area contributed by atoms with Crippen LogP contribution in [-0.2, 0) is 0 Å². The predicted molar refractivity (Wildman–Crippen MR) is 68.9 cm³/mol. The monoisotopic (exact) mass is 204 g/mol. The van der Waals surface area contributed by atoms with Crippen molar-refractivity contribution in [3.05, 3.63) is 43.0 Å². The van der Waals surface area contributed by atoms with Gasteiger partial charge in [0, 0.05) is 5.92 Å². The van der Waals surface area contributed by atoms with Crippen molar-refractivity contribution in [2.45, 2.75) is 13.8 Å². The second-order valence-corrected chi connectivity index (χ2v) is 4.78. The van der Waals surface area contributed by atoms with Gasteiger partial charge in [-0.2, -0.15) is 0 Å². The molecule has 1 atom stereocenters. The molecule has 0 saturated carbocycles. The third kappa shape index (κ3) is 3.21. The lowest BCUT2D eigenvalue weighted by Crippen LogP contribution is -2.47. The third-order valence-electron chi connectivity index (χ3n) is 2.68. The molecule has 0 amide bonds. The van der Waals surface area contributed by atoms with Gasteiger partial charge in [0.1, 0.15) is 12.2 Å². The Morgan fingerprint density at radius 2 is 1.87 bits per heavy atom. The quantitative estimate of drug-likeness (QED) is 0.509. The van der Waals surface area contributed by atoms with Gasteiger partial charge in [-0.05, 0) is 18.2 Å². The van der Waals surface area contributed by atoms with Crippen LogP contribution in [0.1, 0.15) is 13.8 Å². The molecular weight excluding hydrogens is 182 g/mol. The number of hydrogen-bond donors (Lipinski definition) is 0. The maximum absolute atomic E-state index is 3.86. The largest absolute Gasteiger partial charge is 0.290 e. The number of benzene rings is 1. The van der Waals surface area contributed by atoms with E-state index in [1.165, 1.54) is 5.69 Å². The van der Waals surface area contributed by atoms with Crippen LogP contribution in [0.5, 0.6) is 0 Å². The van der Waals surface area contributed by atoms with Crippen molar-refractivity contribution in [1.29, 1.82) is 0 Å². The molecule has 0 spiro atoms. The summed E-state index contributed by atoms with van der Waals surface area (Å²) in [4.78, 5) is 0. The van der Waals surface area contributed by atoms with Crippen molar-refractivity contribution in [3.63, 3.8) is 0 Å². The van der Waals surface area contributed by atoms with Gasteiger partial charge in [0.05, 0.1) is 13.6 Å². The van der Waals surface area contributed by atoms with E-state index in [1.54, 1.807) is 0 Å². The summed E-state index contributed by atoms with van der Waals surface area (Å²) in [6, 6.07) is 10.7. The average Bonchev–Trinajstić information content (AvgIpc) is 2.18. The zero-order valence-electron chi connectivity index (χ0n) is 10.1. The predicted octanol–water partition coefficient (Wildman–Crippen LogP) is 3.47. The molecular formula is C14H22N+. The number of hydrogen-bond acceptors (Lipinski definition) is 0. The Morgan fingerprint density at radius 3 is 2.33 bits per heavy atom. The minimum Gasteiger partial charge on any atom is -0.290 e. The minimum atomic E-state index is 0.690. The summed E-state index contributed by atoms with van der Waals surface area (Å²) < 4.78 is 0.946. The Hall–Kier alpha value is -1.08. The first-order chi connectivity index (χ1) is 7.08. The number of nitrogens with zero attached hydrogens (tertiary/aromatic N) is 1. The zero-order valence-corrected chi connectivity index (χ0v) is 10.1. The summed E-state index contributed by atoms with van der Waals surface area (Å²) in [7, 11) is 2.27. The van der Waals surface area contributed by atoms with Gasteiger partial charge < -0.3 is 0 Å². The fourth-order valence-electron chi connectivity index (χ4n) is 2.16. The molecule has 0 radical (unpaired) electrons. The van der Waals surface area contributed by atoms with Crippen molar-refractivity contribution in [2.75, 3.05) is 20.1 Å². The van der Waals surface area contributed by atoms with Gasteiger partial charge in [-0.25, -0.2) is 0 Å². The molecule has 1 nitrogen and oxygen atoms in total. The lowest BCUT2D eigenvalue weighted by Gasteiger charge is -2.34. The molecule has 0 aliphatic heterocycles. The molecule has 0 heterocycles. The summed E-state index contributed by atoms with van der Waals surface area (Å²) in [6.07, 6.45) is 2.01. The second kappa shape index (κ2) is 5.13. The Morgan fingerprint density at radius 1 is 1.27 bits per heavy atom. The molecule has 1 rings (SSSR count). The van der Waals surface area contributed by atoms with E-state index in [0.29, 0.717) is 5.92 Å². The highest BCUT2D eigenvalue weighted by Gasteiger charge is 2.24. The number of para-hydroxylation sites is 1. The lowest BCUT2D eigenvalue weighted by atomic mass is 10.1. The van der Waals surface area contributed by atoms with E-state index in [1.807, 2.05) is 6.08 Å². The van der Waals surface area contributed by atoms with E-state index in [4.69, 9.17) is 0 Å². The smallest absolute Gasteiger partial charge is 0.132 e. The highest BCUT2D eigenvalue weighted by Crippen LogP contribution is 2.22. The Kier molecular flexibility index (Phi) is 4.10. The van der Waals surface area contributed by atoms with Crippen LogP contribution >= 0.6 is 0 Å². The second-order valence-electron chi connectivity index (χ2n) is 4.78. The first-order valence-electron chi connectivity index (χ1n) is 5.59. The average molecular weight is 204 g/mol. The molecule has 0 aliphatic rings. The summed E-state index contributed by atoms with van der Waals surface area (Å²) in [5, 5.41) is 0. The molecule has 0 fully saturated rings. The Balaban J connectivity index is 2.95. The van der Waals surface area contributed by atoms with Gasteiger partial charge in [-0.15, -0.1) is 0 Å². The van der Waals surface area contributed by atoms with E-state index >= 15 is 0 Å². The molecule has 1 unspecified atom stereocenters. The van der Waals surface area contributed by atoms with Crippen LogP contribution in [0.25, 0.3) is 0 Å². The molecule has 0 aromatic heterocycles. The Bertz CT molecular complexity index is 302. The van der Waals surface area contributed by atoms with E-state index in [-0.39, 0.29) is 0 Å². The third-order valence-corrected chi connectivity index (χ3v) is 2.68. The fraction of sp³-hybridized carbons (Fsp3) is 0.429. The van der Waals surface area contributed by atoms with Crippen molar-refractivity contribution >= 4 is 5.69 Å². The molecule has 0 aliphatic carbocycles. The van der Waals surface area contributed by atoms with Gasteiger partial charge in [0.2, 0.25) is 0 Å². The van der Waals surface area contributed by atoms with Crippen LogP contribution in [0, 0.1) is 5.92 Å². The zero-order chi connectivity index (χ0) is 11.3. The summed E-state index contributed by atoms with van der Waals surface area (Å²) >= 11 is 0. The van der Waals surface area contributed by atoms with Crippen LogP contribution in [0.15, 0.2) is 43.0 Å². The number of rotatable bonds is 5. The van der Waals surface area contributed by atoms with E-state index in [0.717, 1.165) is 17.6 Å². The maximum atomic E-state index is 3.86. The topological polar surface area (TPSA) is 0 Å².